The number of hydrogen-bond donors (Lipinski definition) is 1. The van der Waals surface area contributed by atoms with E-state index in [1.165, 1.54) is 41.3 Å². The van der Waals surface area contributed by atoms with E-state index in [9.17, 15) is 9.90 Å². The fraction of sp³-hybridized carbons (Fsp3) is 0.471. The maximum Gasteiger partial charge on any atom is 0.319 e. The fourth-order valence-corrected chi connectivity index (χ4v) is 3.86. The van der Waals surface area contributed by atoms with E-state index in [0.29, 0.717) is 5.16 Å². The number of carboxylic acid groups (broad SMARTS) is 1. The molecule has 1 aromatic carbocycles. The first kappa shape index (κ1) is 16.1. The Balaban J connectivity index is 2.05. The van der Waals surface area contributed by atoms with Crippen molar-refractivity contribution in [2.45, 2.75) is 56.4 Å². The molecule has 0 saturated carbocycles. The first-order chi connectivity index (χ1) is 10.9. The highest BCUT2D eigenvalue weighted by Gasteiger charge is 2.31. The summed E-state index contributed by atoms with van der Waals surface area (Å²) in [6, 6.07) is 4.23. The van der Waals surface area contributed by atoms with Crippen LogP contribution in [-0.4, -0.2) is 30.6 Å². The number of carboxylic acids is 1. The van der Waals surface area contributed by atoms with Gasteiger partial charge in [0.05, 0.1) is 5.69 Å². The van der Waals surface area contributed by atoms with E-state index >= 15 is 0 Å². The molecule has 0 spiro atoms. The van der Waals surface area contributed by atoms with Gasteiger partial charge in [0.1, 0.15) is 11.1 Å². The van der Waals surface area contributed by atoms with E-state index in [2.05, 4.69) is 29.3 Å². The van der Waals surface area contributed by atoms with E-state index in [1.807, 2.05) is 4.57 Å². The van der Waals surface area contributed by atoms with Crippen molar-refractivity contribution >= 4 is 17.7 Å². The highest BCUT2D eigenvalue weighted by molar-refractivity contribution is 8.01. The van der Waals surface area contributed by atoms with Gasteiger partial charge in [0, 0.05) is 0 Å². The molecule has 0 radical (unpaired) electrons. The van der Waals surface area contributed by atoms with Gasteiger partial charge in [0.15, 0.2) is 5.16 Å². The summed E-state index contributed by atoms with van der Waals surface area (Å²) in [6.45, 7) is 5.52. The van der Waals surface area contributed by atoms with Crippen LogP contribution in [0, 0.1) is 6.92 Å². The summed E-state index contributed by atoms with van der Waals surface area (Å²) in [5, 5.41) is 18.1. The van der Waals surface area contributed by atoms with E-state index in [4.69, 9.17) is 0 Å². The van der Waals surface area contributed by atoms with Gasteiger partial charge in [-0.15, -0.1) is 10.2 Å². The molecule has 0 bridgehead atoms. The Bertz CT molecular complexity index is 752. The van der Waals surface area contributed by atoms with E-state index in [0.717, 1.165) is 18.5 Å². The van der Waals surface area contributed by atoms with Crippen molar-refractivity contribution in [1.82, 2.24) is 14.8 Å². The van der Waals surface area contributed by atoms with E-state index < -0.39 is 10.7 Å². The number of benzene rings is 1. The number of rotatable bonds is 4. The van der Waals surface area contributed by atoms with Gasteiger partial charge in [-0.3, -0.25) is 9.36 Å². The molecule has 122 valence electrons. The van der Waals surface area contributed by atoms with Crippen molar-refractivity contribution < 1.29 is 9.90 Å². The van der Waals surface area contributed by atoms with Crippen LogP contribution in [0.2, 0.25) is 0 Å². The van der Waals surface area contributed by atoms with E-state index in [-0.39, 0.29) is 0 Å². The lowest BCUT2D eigenvalue weighted by Gasteiger charge is -2.23. The largest absolute Gasteiger partial charge is 0.480 e. The molecule has 6 heteroatoms. The number of nitrogens with zero attached hydrogens (tertiary/aromatic N) is 3. The van der Waals surface area contributed by atoms with Gasteiger partial charge in [0.25, 0.3) is 0 Å². The monoisotopic (exact) mass is 331 g/mol. The molecule has 23 heavy (non-hydrogen) atoms. The first-order valence-corrected chi connectivity index (χ1v) is 8.66. The van der Waals surface area contributed by atoms with Gasteiger partial charge in [-0.05, 0) is 69.2 Å². The van der Waals surface area contributed by atoms with Crippen LogP contribution < -0.4 is 0 Å². The van der Waals surface area contributed by atoms with Gasteiger partial charge in [-0.2, -0.15) is 0 Å². The number of aryl methyl sites for hydroxylation is 1. The molecule has 1 heterocycles. The zero-order chi connectivity index (χ0) is 16.6. The number of fused-ring (bicyclic) bond motifs is 1. The normalized spacial score (nSPS) is 14.6. The molecule has 0 aliphatic heterocycles. The number of thioether (sulfide) groups is 1. The Morgan fingerprint density at radius 1 is 1.26 bits per heavy atom. The predicted octanol–water partition coefficient (Wildman–Crippen LogP) is 3.41. The third-order valence-corrected chi connectivity index (χ3v) is 5.53. The smallest absolute Gasteiger partial charge is 0.319 e. The summed E-state index contributed by atoms with van der Waals surface area (Å²) in [4.78, 5) is 11.4. The predicted molar refractivity (Wildman–Crippen MR) is 90.3 cm³/mol. The Kier molecular flexibility index (Phi) is 4.19. The lowest BCUT2D eigenvalue weighted by atomic mass is 9.87. The lowest BCUT2D eigenvalue weighted by molar-refractivity contribution is -0.138. The molecule has 1 aromatic heterocycles. The maximum absolute atomic E-state index is 11.4. The third kappa shape index (κ3) is 3.00. The van der Waals surface area contributed by atoms with Crippen LogP contribution in [0.5, 0.6) is 0 Å². The molecule has 1 aliphatic carbocycles. The Labute approximate surface area is 140 Å². The second-order valence-electron chi connectivity index (χ2n) is 6.47. The zero-order valence-electron chi connectivity index (χ0n) is 13.7. The number of hydrogen-bond acceptors (Lipinski definition) is 4. The van der Waals surface area contributed by atoms with Crippen molar-refractivity contribution in [2.24, 2.45) is 0 Å². The van der Waals surface area contributed by atoms with Crippen molar-refractivity contribution in [3.05, 3.63) is 35.2 Å². The minimum Gasteiger partial charge on any atom is -0.480 e. The lowest BCUT2D eigenvalue weighted by Crippen LogP contribution is -2.27. The van der Waals surface area contributed by atoms with Crippen LogP contribution in [-0.2, 0) is 17.6 Å². The molecule has 0 fully saturated rings. The standard InChI is InChI=1S/C17H21N3O2S/c1-11-8-9-14(13-7-5-4-6-12(11)13)20-10-18-19-16(20)23-17(2,3)15(21)22/h8-10H,4-7H2,1-3H3,(H,21,22). The van der Waals surface area contributed by atoms with Crippen molar-refractivity contribution in [3.8, 4) is 5.69 Å². The minimum absolute atomic E-state index is 0.619. The molecule has 1 N–H and O–H groups in total. The molecule has 5 nitrogen and oxygen atoms in total. The number of aromatic nitrogens is 3. The maximum atomic E-state index is 11.4. The van der Waals surface area contributed by atoms with Gasteiger partial charge in [-0.25, -0.2) is 0 Å². The van der Waals surface area contributed by atoms with Gasteiger partial charge < -0.3 is 5.11 Å². The fourth-order valence-electron chi connectivity index (χ4n) is 2.99. The highest BCUT2D eigenvalue weighted by Crippen LogP contribution is 2.35. The van der Waals surface area contributed by atoms with Crippen molar-refractivity contribution in [1.29, 1.82) is 0 Å². The number of aliphatic carboxylic acids is 1. The van der Waals surface area contributed by atoms with Crippen LogP contribution in [0.25, 0.3) is 5.69 Å². The summed E-state index contributed by atoms with van der Waals surface area (Å²) in [7, 11) is 0. The molecule has 2 aromatic rings. The SMILES string of the molecule is Cc1ccc(-n2cnnc2SC(C)(C)C(=O)O)c2c1CCCC2. The van der Waals surface area contributed by atoms with Crippen LogP contribution in [0.3, 0.4) is 0 Å². The molecule has 0 amide bonds. The molecule has 0 unspecified atom stereocenters. The summed E-state index contributed by atoms with van der Waals surface area (Å²) in [5.41, 5.74) is 5.19. The zero-order valence-corrected chi connectivity index (χ0v) is 14.5. The topological polar surface area (TPSA) is 68.0 Å². The molecular formula is C17H21N3O2S. The van der Waals surface area contributed by atoms with Crippen molar-refractivity contribution in [2.75, 3.05) is 0 Å². The van der Waals surface area contributed by atoms with Crippen LogP contribution in [0.1, 0.15) is 43.4 Å². The molecule has 0 saturated heterocycles. The average molecular weight is 331 g/mol. The highest BCUT2D eigenvalue weighted by atomic mass is 32.2. The van der Waals surface area contributed by atoms with Crippen molar-refractivity contribution in [3.63, 3.8) is 0 Å². The summed E-state index contributed by atoms with van der Waals surface area (Å²) >= 11 is 1.23. The van der Waals surface area contributed by atoms with Gasteiger partial charge >= 0.3 is 5.97 Å². The Morgan fingerprint density at radius 3 is 2.65 bits per heavy atom. The Morgan fingerprint density at radius 2 is 1.96 bits per heavy atom. The number of carbonyl (C=O) groups is 1. The van der Waals surface area contributed by atoms with Gasteiger partial charge in [0.2, 0.25) is 0 Å². The third-order valence-electron chi connectivity index (χ3n) is 4.38. The molecule has 3 rings (SSSR count). The van der Waals surface area contributed by atoms with E-state index in [1.54, 1.807) is 20.2 Å². The average Bonchev–Trinajstić information content (AvgIpc) is 2.95. The molecule has 0 atom stereocenters. The van der Waals surface area contributed by atoms with Gasteiger partial charge in [-0.1, -0.05) is 17.8 Å². The van der Waals surface area contributed by atoms with Crippen LogP contribution in [0.15, 0.2) is 23.6 Å². The summed E-state index contributed by atoms with van der Waals surface area (Å²) in [5.74, 6) is -0.858. The first-order valence-electron chi connectivity index (χ1n) is 7.84. The van der Waals surface area contributed by atoms with Crippen LogP contribution in [0.4, 0.5) is 0 Å². The summed E-state index contributed by atoms with van der Waals surface area (Å²) < 4.78 is 0.981. The molecule has 1 aliphatic rings. The quantitative estimate of drug-likeness (QED) is 0.870. The minimum atomic E-state index is -0.949. The second kappa shape index (κ2) is 6.00. The molecular weight excluding hydrogens is 310 g/mol. The Hall–Kier alpha value is -1.82. The van der Waals surface area contributed by atoms with Crippen LogP contribution >= 0.6 is 11.8 Å². The summed E-state index contributed by atoms with van der Waals surface area (Å²) in [6.07, 6.45) is 6.26. The second-order valence-corrected chi connectivity index (χ2v) is 8.06.